The molecule has 30 heavy (non-hydrogen) atoms. The summed E-state index contributed by atoms with van der Waals surface area (Å²) in [5.74, 6) is -0.234. The highest BCUT2D eigenvalue weighted by Gasteiger charge is 2.19. The molecule has 0 heterocycles. The third kappa shape index (κ3) is 5.28. The standard InChI is InChI=1S/C26H30N2O2/c1-3-27(4-2)22-17-15-21(16-18-22)26(30)25(29)19-20-28(23-11-7-5-8-12-23)24-13-9-6-10-14-24/h5-18,25,29H,3-4,19-20H2,1-2H3. The van der Waals surface area contributed by atoms with Gasteiger partial charge < -0.3 is 14.9 Å². The van der Waals surface area contributed by atoms with E-state index in [1.807, 2.05) is 84.9 Å². The molecule has 0 saturated carbocycles. The topological polar surface area (TPSA) is 43.8 Å². The molecule has 0 saturated heterocycles. The lowest BCUT2D eigenvalue weighted by Gasteiger charge is -2.26. The molecule has 3 rings (SSSR count). The van der Waals surface area contributed by atoms with E-state index < -0.39 is 6.10 Å². The van der Waals surface area contributed by atoms with Crippen LogP contribution in [0.2, 0.25) is 0 Å². The number of carbonyl (C=O) groups is 1. The fourth-order valence-electron chi connectivity index (χ4n) is 3.62. The first kappa shape index (κ1) is 21.6. The Morgan fingerprint density at radius 2 is 1.27 bits per heavy atom. The van der Waals surface area contributed by atoms with Crippen LogP contribution in [0.3, 0.4) is 0 Å². The number of aliphatic hydroxyl groups excluding tert-OH is 1. The van der Waals surface area contributed by atoms with Crippen LogP contribution >= 0.6 is 0 Å². The molecule has 0 aliphatic carbocycles. The first-order valence-corrected chi connectivity index (χ1v) is 10.6. The number of rotatable bonds is 10. The van der Waals surface area contributed by atoms with Crippen molar-refractivity contribution in [2.45, 2.75) is 26.4 Å². The predicted octanol–water partition coefficient (Wildman–Crippen LogP) is 5.30. The van der Waals surface area contributed by atoms with Gasteiger partial charge in [0.2, 0.25) is 0 Å². The van der Waals surface area contributed by atoms with Crippen molar-refractivity contribution >= 4 is 22.8 Å². The zero-order valence-electron chi connectivity index (χ0n) is 17.7. The fourth-order valence-corrected chi connectivity index (χ4v) is 3.62. The molecule has 3 aromatic rings. The number of carbonyl (C=O) groups excluding carboxylic acids is 1. The van der Waals surface area contributed by atoms with Crippen LogP contribution in [0.1, 0.15) is 30.6 Å². The summed E-state index contributed by atoms with van der Waals surface area (Å²) in [4.78, 5) is 17.1. The van der Waals surface area contributed by atoms with E-state index in [2.05, 4.69) is 23.6 Å². The van der Waals surface area contributed by atoms with Gasteiger partial charge in [0.15, 0.2) is 5.78 Å². The third-order valence-corrected chi connectivity index (χ3v) is 5.34. The Bertz CT molecular complexity index is 867. The van der Waals surface area contributed by atoms with Gasteiger partial charge >= 0.3 is 0 Å². The molecule has 0 aliphatic rings. The van der Waals surface area contributed by atoms with Crippen LogP contribution in [-0.4, -0.2) is 36.6 Å². The molecule has 4 nitrogen and oxygen atoms in total. The number of para-hydroxylation sites is 2. The average Bonchev–Trinajstić information content (AvgIpc) is 2.81. The maximum atomic E-state index is 12.8. The van der Waals surface area contributed by atoms with Crippen molar-refractivity contribution in [1.82, 2.24) is 0 Å². The molecule has 3 aromatic carbocycles. The monoisotopic (exact) mass is 402 g/mol. The highest BCUT2D eigenvalue weighted by Crippen LogP contribution is 2.25. The predicted molar refractivity (Wildman–Crippen MR) is 125 cm³/mol. The van der Waals surface area contributed by atoms with Crippen LogP contribution in [-0.2, 0) is 0 Å². The molecule has 1 unspecified atom stereocenters. The minimum absolute atomic E-state index is 0.234. The van der Waals surface area contributed by atoms with E-state index in [-0.39, 0.29) is 5.78 Å². The second-order valence-electron chi connectivity index (χ2n) is 7.21. The highest BCUT2D eigenvalue weighted by atomic mass is 16.3. The molecule has 156 valence electrons. The van der Waals surface area contributed by atoms with Crippen LogP contribution in [0, 0.1) is 0 Å². The van der Waals surface area contributed by atoms with Crippen molar-refractivity contribution in [2.75, 3.05) is 29.4 Å². The number of ketones is 1. The smallest absolute Gasteiger partial charge is 0.191 e. The second kappa shape index (κ2) is 10.6. The first-order chi connectivity index (χ1) is 14.6. The Morgan fingerprint density at radius 1 is 0.767 bits per heavy atom. The fraction of sp³-hybridized carbons (Fsp3) is 0.269. The van der Waals surface area contributed by atoms with Gasteiger partial charge in [-0.15, -0.1) is 0 Å². The van der Waals surface area contributed by atoms with Gasteiger partial charge in [-0.2, -0.15) is 0 Å². The van der Waals surface area contributed by atoms with Crippen LogP contribution in [0.5, 0.6) is 0 Å². The first-order valence-electron chi connectivity index (χ1n) is 10.6. The summed E-state index contributed by atoms with van der Waals surface area (Å²) in [6.07, 6.45) is -0.695. The zero-order chi connectivity index (χ0) is 21.3. The van der Waals surface area contributed by atoms with Gasteiger partial charge in [0.1, 0.15) is 6.10 Å². The third-order valence-electron chi connectivity index (χ3n) is 5.34. The number of Topliss-reactive ketones (excluding diaryl/α,β-unsaturated/α-hetero) is 1. The number of aliphatic hydroxyl groups is 1. The number of hydrogen-bond donors (Lipinski definition) is 1. The highest BCUT2D eigenvalue weighted by molar-refractivity contribution is 5.99. The summed E-state index contributed by atoms with van der Waals surface area (Å²) in [6.45, 7) is 6.59. The molecule has 0 amide bonds. The Balaban J connectivity index is 1.69. The molecule has 0 aliphatic heterocycles. The van der Waals surface area contributed by atoms with Gasteiger partial charge in [-0.05, 0) is 68.8 Å². The van der Waals surface area contributed by atoms with Gasteiger partial charge in [-0.25, -0.2) is 0 Å². The minimum Gasteiger partial charge on any atom is -0.385 e. The van der Waals surface area contributed by atoms with Gasteiger partial charge in [0.25, 0.3) is 0 Å². The Labute approximate surface area is 179 Å². The van der Waals surface area contributed by atoms with Gasteiger partial charge in [-0.3, -0.25) is 4.79 Å². The van der Waals surface area contributed by atoms with Gasteiger partial charge in [0.05, 0.1) is 0 Å². The lowest BCUT2D eigenvalue weighted by Crippen LogP contribution is -2.28. The summed E-state index contributed by atoms with van der Waals surface area (Å²) < 4.78 is 0. The zero-order valence-corrected chi connectivity index (χ0v) is 17.7. The Morgan fingerprint density at radius 3 is 1.73 bits per heavy atom. The lowest BCUT2D eigenvalue weighted by molar-refractivity contribution is 0.0735. The molecule has 0 spiro atoms. The van der Waals surface area contributed by atoms with E-state index in [9.17, 15) is 9.90 Å². The summed E-state index contributed by atoms with van der Waals surface area (Å²) in [6, 6.07) is 27.6. The van der Waals surface area contributed by atoms with E-state index in [1.54, 1.807) is 0 Å². The van der Waals surface area contributed by atoms with E-state index in [1.165, 1.54) is 0 Å². The van der Waals surface area contributed by atoms with Crippen molar-refractivity contribution in [3.63, 3.8) is 0 Å². The number of anilines is 3. The van der Waals surface area contributed by atoms with Crippen LogP contribution in [0.15, 0.2) is 84.9 Å². The number of nitrogens with zero attached hydrogens (tertiary/aromatic N) is 2. The number of benzene rings is 3. The Hall–Kier alpha value is -3.11. The number of hydrogen-bond acceptors (Lipinski definition) is 4. The van der Waals surface area contributed by atoms with Crippen LogP contribution < -0.4 is 9.80 Å². The normalized spacial score (nSPS) is 11.7. The van der Waals surface area contributed by atoms with Crippen LogP contribution in [0.25, 0.3) is 0 Å². The summed E-state index contributed by atoms with van der Waals surface area (Å²) in [7, 11) is 0. The van der Waals surface area contributed by atoms with Crippen molar-refractivity contribution in [3.8, 4) is 0 Å². The molecule has 4 heteroatoms. The largest absolute Gasteiger partial charge is 0.385 e. The lowest BCUT2D eigenvalue weighted by atomic mass is 10.0. The summed E-state index contributed by atoms with van der Waals surface area (Å²) >= 11 is 0. The molecule has 0 aromatic heterocycles. The van der Waals surface area contributed by atoms with Crippen molar-refractivity contribution in [1.29, 1.82) is 0 Å². The van der Waals surface area contributed by atoms with Gasteiger partial charge in [0, 0.05) is 42.3 Å². The van der Waals surface area contributed by atoms with Gasteiger partial charge in [-0.1, -0.05) is 36.4 Å². The SMILES string of the molecule is CCN(CC)c1ccc(C(=O)C(O)CCN(c2ccccc2)c2ccccc2)cc1. The molecule has 0 bridgehead atoms. The molecule has 1 N–H and O–H groups in total. The van der Waals surface area contributed by atoms with Crippen LogP contribution in [0.4, 0.5) is 17.1 Å². The second-order valence-corrected chi connectivity index (χ2v) is 7.21. The molecule has 1 atom stereocenters. The Kier molecular flexibility index (Phi) is 7.63. The van der Waals surface area contributed by atoms with E-state index >= 15 is 0 Å². The average molecular weight is 403 g/mol. The molecule has 0 fully saturated rings. The maximum absolute atomic E-state index is 12.8. The minimum atomic E-state index is -1.04. The van der Waals surface area contributed by atoms with E-state index in [0.29, 0.717) is 18.5 Å². The molecular formula is C26H30N2O2. The maximum Gasteiger partial charge on any atom is 0.191 e. The van der Waals surface area contributed by atoms with E-state index in [4.69, 9.17) is 0 Å². The summed E-state index contributed by atoms with van der Waals surface area (Å²) in [5.41, 5.74) is 3.70. The van der Waals surface area contributed by atoms with E-state index in [0.717, 1.165) is 30.2 Å². The van der Waals surface area contributed by atoms with Crippen molar-refractivity contribution < 1.29 is 9.90 Å². The van der Waals surface area contributed by atoms with Crippen molar-refractivity contribution in [2.24, 2.45) is 0 Å². The molecular weight excluding hydrogens is 372 g/mol. The molecule has 0 radical (unpaired) electrons. The van der Waals surface area contributed by atoms with Crippen molar-refractivity contribution in [3.05, 3.63) is 90.5 Å². The summed E-state index contributed by atoms with van der Waals surface area (Å²) in [5, 5.41) is 10.6. The quantitative estimate of drug-likeness (QED) is 0.467.